The number of nitriles is 1. The Balaban J connectivity index is 2.74. The number of methoxy groups -OCH3 is 1. The predicted octanol–water partition coefficient (Wildman–Crippen LogP) is 2.37. The third-order valence-electron chi connectivity index (χ3n) is 2.84. The highest BCUT2D eigenvalue weighted by Gasteiger charge is 2.16. The Morgan fingerprint density at radius 1 is 1.32 bits per heavy atom. The van der Waals surface area contributed by atoms with Gasteiger partial charge < -0.3 is 14.8 Å². The number of rotatable bonds is 8. The van der Waals surface area contributed by atoms with E-state index in [0.717, 1.165) is 5.56 Å². The highest BCUT2D eigenvalue weighted by Crippen LogP contribution is 2.16. The van der Waals surface area contributed by atoms with Crippen molar-refractivity contribution in [3.05, 3.63) is 46.0 Å². The minimum atomic E-state index is -0.639. The molecule has 118 valence electrons. The summed E-state index contributed by atoms with van der Waals surface area (Å²) >= 11 is 1.31. The average Bonchev–Trinajstić information content (AvgIpc) is 2.53. The molecule has 0 fully saturated rings. The van der Waals surface area contributed by atoms with Crippen molar-refractivity contribution in [2.75, 3.05) is 26.6 Å². The van der Waals surface area contributed by atoms with Crippen molar-refractivity contribution in [1.82, 2.24) is 5.32 Å². The van der Waals surface area contributed by atoms with Crippen LogP contribution in [0.1, 0.15) is 11.1 Å². The van der Waals surface area contributed by atoms with Gasteiger partial charge in [-0.1, -0.05) is 29.8 Å². The lowest BCUT2D eigenvalue weighted by Crippen LogP contribution is -2.18. The van der Waals surface area contributed by atoms with Gasteiger partial charge >= 0.3 is 5.97 Å². The smallest absolute Gasteiger partial charge is 0.351 e. The van der Waals surface area contributed by atoms with Gasteiger partial charge in [0.05, 0.1) is 11.6 Å². The summed E-state index contributed by atoms with van der Waals surface area (Å²) < 4.78 is 9.80. The van der Waals surface area contributed by atoms with Crippen molar-refractivity contribution in [2.24, 2.45) is 0 Å². The molecule has 1 N–H and O–H groups in total. The average molecular weight is 320 g/mol. The Morgan fingerprint density at radius 2 is 2.00 bits per heavy atom. The number of hydrogen-bond donors (Lipinski definition) is 1. The molecule has 1 aromatic carbocycles. The van der Waals surface area contributed by atoms with E-state index >= 15 is 0 Å². The van der Waals surface area contributed by atoms with Crippen molar-refractivity contribution in [2.45, 2.75) is 13.5 Å². The zero-order valence-corrected chi connectivity index (χ0v) is 13.8. The molecule has 0 aromatic heterocycles. The molecule has 0 amide bonds. The molecule has 0 radical (unpaired) electrons. The molecule has 0 atom stereocenters. The summed E-state index contributed by atoms with van der Waals surface area (Å²) in [5.74, 6) is -0.639. The molecule has 22 heavy (non-hydrogen) atoms. The van der Waals surface area contributed by atoms with E-state index in [1.54, 1.807) is 6.26 Å². The molecule has 0 aliphatic rings. The van der Waals surface area contributed by atoms with E-state index in [4.69, 9.17) is 9.47 Å². The molecule has 0 heterocycles. The third kappa shape index (κ3) is 5.80. The fourth-order valence-electron chi connectivity index (χ4n) is 1.63. The first-order chi connectivity index (χ1) is 10.6. The summed E-state index contributed by atoms with van der Waals surface area (Å²) in [6.45, 7) is 2.98. The van der Waals surface area contributed by atoms with Gasteiger partial charge in [-0.25, -0.2) is 4.79 Å². The lowest BCUT2D eigenvalue weighted by Gasteiger charge is -2.11. The molecule has 0 aliphatic carbocycles. The highest BCUT2D eigenvalue weighted by molar-refractivity contribution is 8.02. The Labute approximate surface area is 135 Å². The van der Waals surface area contributed by atoms with Crippen molar-refractivity contribution < 1.29 is 14.3 Å². The van der Waals surface area contributed by atoms with Gasteiger partial charge in [0.25, 0.3) is 0 Å². The number of benzene rings is 1. The van der Waals surface area contributed by atoms with Crippen LogP contribution in [0.5, 0.6) is 0 Å². The van der Waals surface area contributed by atoms with Crippen molar-refractivity contribution in [3.8, 4) is 6.07 Å². The summed E-state index contributed by atoms with van der Waals surface area (Å²) in [5, 5.41) is 12.8. The fourth-order valence-corrected chi connectivity index (χ4v) is 2.18. The SMILES string of the molecule is COCCOC(=O)/C(C#N)=C(/NCc1ccc(C)cc1)SC. The van der Waals surface area contributed by atoms with Crippen molar-refractivity contribution in [3.63, 3.8) is 0 Å². The van der Waals surface area contributed by atoms with Crippen LogP contribution < -0.4 is 5.32 Å². The van der Waals surface area contributed by atoms with Gasteiger partial charge in [0.1, 0.15) is 12.7 Å². The fraction of sp³-hybridized carbons (Fsp3) is 0.375. The molecule has 1 rings (SSSR count). The van der Waals surface area contributed by atoms with Crippen molar-refractivity contribution >= 4 is 17.7 Å². The normalized spacial score (nSPS) is 11.4. The van der Waals surface area contributed by atoms with Crippen LogP contribution in [-0.4, -0.2) is 32.5 Å². The second-order valence-corrected chi connectivity index (χ2v) is 5.30. The molecule has 5 nitrogen and oxygen atoms in total. The Morgan fingerprint density at radius 3 is 2.55 bits per heavy atom. The first-order valence-corrected chi connectivity index (χ1v) is 7.98. The van der Waals surface area contributed by atoms with Crippen LogP contribution in [0.25, 0.3) is 0 Å². The van der Waals surface area contributed by atoms with Gasteiger partial charge in [-0.15, -0.1) is 11.8 Å². The van der Waals surface area contributed by atoms with Crippen LogP contribution in [0.4, 0.5) is 0 Å². The van der Waals surface area contributed by atoms with Gasteiger partial charge in [-0.05, 0) is 18.7 Å². The topological polar surface area (TPSA) is 71.3 Å². The largest absolute Gasteiger partial charge is 0.459 e. The maximum absolute atomic E-state index is 11.9. The molecule has 0 saturated heterocycles. The summed E-state index contributed by atoms with van der Waals surface area (Å²) in [6, 6.07) is 9.95. The maximum atomic E-state index is 11.9. The van der Waals surface area contributed by atoms with E-state index in [9.17, 15) is 10.1 Å². The van der Waals surface area contributed by atoms with E-state index in [1.165, 1.54) is 24.4 Å². The molecule has 0 bridgehead atoms. The standard InChI is InChI=1S/C16H20N2O3S/c1-12-4-6-13(7-5-12)11-18-15(22-3)14(10-17)16(19)21-9-8-20-2/h4-7,18H,8-9,11H2,1-3H3/b15-14-. The van der Waals surface area contributed by atoms with Crippen LogP contribution in [0, 0.1) is 18.3 Å². The number of aryl methyl sites for hydroxylation is 1. The van der Waals surface area contributed by atoms with Crippen LogP contribution >= 0.6 is 11.8 Å². The minimum absolute atomic E-state index is 0.0179. The van der Waals surface area contributed by atoms with Gasteiger partial charge in [-0.3, -0.25) is 0 Å². The van der Waals surface area contributed by atoms with Gasteiger partial charge in [0.2, 0.25) is 0 Å². The summed E-state index contributed by atoms with van der Waals surface area (Å²) in [6.07, 6.45) is 1.80. The molecule has 6 heteroatoms. The zero-order valence-electron chi connectivity index (χ0n) is 13.0. The lowest BCUT2D eigenvalue weighted by molar-refractivity contribution is -0.139. The monoisotopic (exact) mass is 320 g/mol. The van der Waals surface area contributed by atoms with Crippen LogP contribution in [0.15, 0.2) is 34.9 Å². The first kappa shape index (κ1) is 18.1. The second kappa shape index (κ2) is 9.87. The van der Waals surface area contributed by atoms with E-state index in [0.29, 0.717) is 18.2 Å². The number of hydrogen-bond acceptors (Lipinski definition) is 6. The second-order valence-electron chi connectivity index (χ2n) is 4.49. The van der Waals surface area contributed by atoms with Gasteiger partial charge in [0, 0.05) is 13.7 Å². The Hall–Kier alpha value is -1.97. The van der Waals surface area contributed by atoms with Gasteiger partial charge in [-0.2, -0.15) is 5.26 Å². The van der Waals surface area contributed by atoms with E-state index in [1.807, 2.05) is 37.3 Å². The summed E-state index contributed by atoms with van der Waals surface area (Å²) in [7, 11) is 1.52. The van der Waals surface area contributed by atoms with Crippen LogP contribution in [-0.2, 0) is 20.8 Å². The summed E-state index contributed by atoms with van der Waals surface area (Å²) in [4.78, 5) is 11.9. The first-order valence-electron chi connectivity index (χ1n) is 6.76. The number of esters is 1. The Kier molecular flexibility index (Phi) is 8.11. The number of carbonyl (C=O) groups excluding carboxylic acids is 1. The third-order valence-corrected chi connectivity index (χ3v) is 3.60. The highest BCUT2D eigenvalue weighted by atomic mass is 32.2. The molecular weight excluding hydrogens is 300 g/mol. The predicted molar refractivity (Wildman–Crippen MR) is 87.0 cm³/mol. The molecule has 1 aromatic rings. The molecular formula is C16H20N2O3S. The molecule has 0 aliphatic heterocycles. The maximum Gasteiger partial charge on any atom is 0.351 e. The van der Waals surface area contributed by atoms with Crippen LogP contribution in [0.2, 0.25) is 0 Å². The zero-order chi connectivity index (χ0) is 16.4. The number of thioether (sulfide) groups is 1. The quantitative estimate of drug-likeness (QED) is 0.343. The number of nitrogens with one attached hydrogen (secondary N) is 1. The number of ether oxygens (including phenoxy) is 2. The Bertz CT molecular complexity index is 562. The van der Waals surface area contributed by atoms with Crippen LogP contribution in [0.3, 0.4) is 0 Å². The van der Waals surface area contributed by atoms with Gasteiger partial charge in [0.15, 0.2) is 5.57 Å². The van der Waals surface area contributed by atoms with E-state index in [2.05, 4.69) is 5.32 Å². The van der Waals surface area contributed by atoms with E-state index < -0.39 is 5.97 Å². The molecule has 0 unspecified atom stereocenters. The molecule has 0 spiro atoms. The van der Waals surface area contributed by atoms with E-state index in [-0.39, 0.29) is 12.2 Å². The summed E-state index contributed by atoms with van der Waals surface area (Å²) in [5.41, 5.74) is 2.24. The number of nitrogens with zero attached hydrogens (tertiary/aromatic N) is 1. The molecule has 0 saturated carbocycles. The number of carbonyl (C=O) groups is 1. The lowest BCUT2D eigenvalue weighted by atomic mass is 10.1. The minimum Gasteiger partial charge on any atom is -0.459 e. The van der Waals surface area contributed by atoms with Crippen molar-refractivity contribution in [1.29, 1.82) is 5.26 Å².